The third kappa shape index (κ3) is 2.97. The van der Waals surface area contributed by atoms with Gasteiger partial charge in [0.1, 0.15) is 12.1 Å². The monoisotopic (exact) mass is 391 g/mol. The Balaban J connectivity index is 1.50. The van der Waals surface area contributed by atoms with Crippen LogP contribution in [-0.4, -0.2) is 41.1 Å². The second-order valence-corrected chi connectivity index (χ2v) is 7.18. The van der Waals surface area contributed by atoms with Crippen LogP contribution in [0.4, 0.5) is 16.0 Å². The van der Waals surface area contributed by atoms with Gasteiger partial charge < -0.3 is 9.80 Å². The first kappa shape index (κ1) is 15.7. The van der Waals surface area contributed by atoms with Gasteiger partial charge in [0.25, 0.3) is 0 Å². The lowest BCUT2D eigenvalue weighted by molar-refractivity contribution is 0.582. The maximum Gasteiger partial charge on any atom is 0.166 e. The molecular weight excluding hydrogens is 373 g/mol. The quantitative estimate of drug-likeness (QED) is 0.787. The number of hydrogen-bond acceptors (Lipinski definition) is 5. The average Bonchev–Trinajstić information content (AvgIpc) is 2.62. The molecule has 0 saturated carbocycles. The van der Waals surface area contributed by atoms with Crippen molar-refractivity contribution < 1.29 is 4.39 Å². The van der Waals surface area contributed by atoms with Crippen LogP contribution in [0.5, 0.6) is 0 Å². The van der Waals surface area contributed by atoms with Gasteiger partial charge in [-0.15, -0.1) is 0 Å². The highest BCUT2D eigenvalue weighted by molar-refractivity contribution is 9.10. The zero-order valence-corrected chi connectivity index (χ0v) is 15.0. The minimum absolute atomic E-state index is 0.280. The second kappa shape index (κ2) is 6.63. The van der Waals surface area contributed by atoms with E-state index < -0.39 is 0 Å². The predicted molar refractivity (Wildman–Crippen MR) is 95.0 cm³/mol. The van der Waals surface area contributed by atoms with E-state index in [4.69, 9.17) is 0 Å². The SMILES string of the molecule is Fc1cc(Br)cnc1N1CCN(c2ncnc3c2CCCC3)CC1. The lowest BCUT2D eigenvalue weighted by Crippen LogP contribution is -2.47. The van der Waals surface area contributed by atoms with Gasteiger partial charge in [-0.2, -0.15) is 0 Å². The van der Waals surface area contributed by atoms with E-state index in [1.54, 1.807) is 12.5 Å². The molecule has 0 aromatic carbocycles. The summed E-state index contributed by atoms with van der Waals surface area (Å²) >= 11 is 3.25. The number of halogens is 2. The van der Waals surface area contributed by atoms with Crippen molar-refractivity contribution in [2.24, 2.45) is 0 Å². The summed E-state index contributed by atoms with van der Waals surface area (Å²) in [6.07, 6.45) is 7.87. The molecule has 2 aliphatic rings. The predicted octanol–water partition coefficient (Wildman–Crippen LogP) is 2.98. The first-order valence-corrected chi connectivity index (χ1v) is 9.15. The Morgan fingerprint density at radius 3 is 2.38 bits per heavy atom. The maximum absolute atomic E-state index is 14.1. The van der Waals surface area contributed by atoms with Crippen LogP contribution in [0.2, 0.25) is 0 Å². The van der Waals surface area contributed by atoms with Crippen molar-refractivity contribution in [2.75, 3.05) is 36.0 Å². The van der Waals surface area contributed by atoms with Crippen molar-refractivity contribution in [1.82, 2.24) is 15.0 Å². The van der Waals surface area contributed by atoms with Crippen LogP contribution in [-0.2, 0) is 12.8 Å². The van der Waals surface area contributed by atoms with E-state index in [1.165, 1.54) is 30.2 Å². The molecule has 1 saturated heterocycles. The Kier molecular flexibility index (Phi) is 4.35. The fourth-order valence-corrected chi connectivity index (χ4v) is 3.85. The second-order valence-electron chi connectivity index (χ2n) is 6.26. The molecular formula is C17H19BrFN5. The zero-order chi connectivity index (χ0) is 16.5. The Morgan fingerprint density at radius 1 is 0.917 bits per heavy atom. The number of hydrogen-bond donors (Lipinski definition) is 0. The molecule has 1 aliphatic heterocycles. The molecule has 0 bridgehead atoms. The summed E-state index contributed by atoms with van der Waals surface area (Å²) in [5.74, 6) is 1.23. The van der Waals surface area contributed by atoms with Gasteiger partial charge in [-0.25, -0.2) is 19.3 Å². The van der Waals surface area contributed by atoms with Gasteiger partial charge in [0.05, 0.1) is 0 Å². The summed E-state index contributed by atoms with van der Waals surface area (Å²) in [6, 6.07) is 1.47. The van der Waals surface area contributed by atoms with E-state index >= 15 is 0 Å². The van der Waals surface area contributed by atoms with E-state index in [9.17, 15) is 4.39 Å². The van der Waals surface area contributed by atoms with Crippen LogP contribution >= 0.6 is 15.9 Å². The normalized spacial score (nSPS) is 17.8. The van der Waals surface area contributed by atoms with Crippen molar-refractivity contribution in [2.45, 2.75) is 25.7 Å². The molecule has 0 spiro atoms. The lowest BCUT2D eigenvalue weighted by atomic mass is 9.96. The number of fused-ring (bicyclic) bond motifs is 1. The van der Waals surface area contributed by atoms with Crippen LogP contribution < -0.4 is 9.80 Å². The minimum atomic E-state index is -0.280. The maximum atomic E-state index is 14.1. The number of aryl methyl sites for hydroxylation is 1. The minimum Gasteiger partial charge on any atom is -0.353 e. The van der Waals surface area contributed by atoms with Gasteiger partial charge in [-0.1, -0.05) is 0 Å². The molecule has 1 aliphatic carbocycles. The van der Waals surface area contributed by atoms with Gasteiger partial charge in [0, 0.05) is 48.1 Å². The van der Waals surface area contributed by atoms with Crippen LogP contribution in [0, 0.1) is 5.82 Å². The third-order valence-corrected chi connectivity index (χ3v) is 5.20. The van der Waals surface area contributed by atoms with Gasteiger partial charge in [0.2, 0.25) is 0 Å². The summed E-state index contributed by atoms with van der Waals surface area (Å²) in [6.45, 7) is 3.12. The fourth-order valence-electron chi connectivity index (χ4n) is 3.55. The topological polar surface area (TPSA) is 45.2 Å². The standard InChI is InChI=1S/C17H19BrFN5/c18-12-9-14(19)17(20-10-12)24-7-5-23(6-8-24)16-13-3-1-2-4-15(13)21-11-22-16/h9-11H,1-8H2. The summed E-state index contributed by atoms with van der Waals surface area (Å²) < 4.78 is 14.8. The lowest BCUT2D eigenvalue weighted by Gasteiger charge is -2.37. The smallest absolute Gasteiger partial charge is 0.166 e. The molecule has 5 nitrogen and oxygen atoms in total. The number of rotatable bonds is 2. The number of aromatic nitrogens is 3. The molecule has 0 amide bonds. The Bertz CT molecular complexity index is 746. The summed E-state index contributed by atoms with van der Waals surface area (Å²) in [4.78, 5) is 17.5. The Hall–Kier alpha value is -1.76. The molecule has 2 aromatic heterocycles. The van der Waals surface area contributed by atoms with E-state index in [-0.39, 0.29) is 5.82 Å². The van der Waals surface area contributed by atoms with E-state index in [0.717, 1.165) is 44.8 Å². The number of nitrogens with zero attached hydrogens (tertiary/aromatic N) is 5. The highest BCUT2D eigenvalue weighted by Gasteiger charge is 2.25. The van der Waals surface area contributed by atoms with E-state index in [0.29, 0.717) is 10.3 Å². The van der Waals surface area contributed by atoms with Gasteiger partial charge >= 0.3 is 0 Å². The molecule has 0 radical (unpaired) electrons. The first-order chi connectivity index (χ1) is 11.7. The molecule has 0 unspecified atom stereocenters. The molecule has 126 valence electrons. The van der Waals surface area contributed by atoms with Crippen molar-refractivity contribution in [1.29, 1.82) is 0 Å². The van der Waals surface area contributed by atoms with Crippen molar-refractivity contribution in [3.63, 3.8) is 0 Å². The summed E-state index contributed by atoms with van der Waals surface area (Å²) in [7, 11) is 0. The van der Waals surface area contributed by atoms with Crippen LogP contribution in [0.15, 0.2) is 23.1 Å². The highest BCUT2D eigenvalue weighted by atomic mass is 79.9. The van der Waals surface area contributed by atoms with Gasteiger partial charge in [0.15, 0.2) is 11.6 Å². The molecule has 24 heavy (non-hydrogen) atoms. The average molecular weight is 392 g/mol. The van der Waals surface area contributed by atoms with Crippen molar-refractivity contribution in [3.8, 4) is 0 Å². The highest BCUT2D eigenvalue weighted by Crippen LogP contribution is 2.28. The summed E-state index contributed by atoms with van der Waals surface area (Å²) in [5, 5.41) is 0. The van der Waals surface area contributed by atoms with Gasteiger partial charge in [-0.05, 0) is 47.7 Å². The van der Waals surface area contributed by atoms with Crippen LogP contribution in [0.3, 0.4) is 0 Å². The first-order valence-electron chi connectivity index (χ1n) is 8.36. The Labute approximate surface area is 149 Å². The van der Waals surface area contributed by atoms with Crippen LogP contribution in [0.1, 0.15) is 24.1 Å². The van der Waals surface area contributed by atoms with Gasteiger partial charge in [-0.3, -0.25) is 0 Å². The van der Waals surface area contributed by atoms with Crippen molar-refractivity contribution >= 4 is 27.6 Å². The number of piperazine rings is 1. The largest absolute Gasteiger partial charge is 0.353 e. The van der Waals surface area contributed by atoms with Crippen molar-refractivity contribution in [3.05, 3.63) is 40.1 Å². The molecule has 7 heteroatoms. The molecule has 0 atom stereocenters. The summed E-state index contributed by atoms with van der Waals surface area (Å²) in [5.41, 5.74) is 2.51. The van der Waals surface area contributed by atoms with Crippen LogP contribution in [0.25, 0.3) is 0 Å². The molecule has 2 aromatic rings. The number of pyridine rings is 1. The molecule has 0 N–H and O–H groups in total. The van der Waals surface area contributed by atoms with E-state index in [2.05, 4.69) is 35.8 Å². The molecule has 4 rings (SSSR count). The Morgan fingerprint density at radius 2 is 1.62 bits per heavy atom. The third-order valence-electron chi connectivity index (χ3n) is 4.77. The molecule has 3 heterocycles. The molecule has 1 fully saturated rings. The van der Waals surface area contributed by atoms with E-state index in [1.807, 2.05) is 4.90 Å². The fraction of sp³-hybridized carbons (Fsp3) is 0.471. The zero-order valence-electron chi connectivity index (χ0n) is 13.4. The number of anilines is 2.